The van der Waals surface area contributed by atoms with E-state index in [2.05, 4.69) is 27.4 Å². The van der Waals surface area contributed by atoms with E-state index in [1.165, 1.54) is 0 Å². The predicted octanol–water partition coefficient (Wildman–Crippen LogP) is 3.28. The average molecular weight is 293 g/mol. The minimum atomic E-state index is -0.235. The van der Waals surface area contributed by atoms with Gasteiger partial charge >= 0.3 is 0 Å². The standard InChI is InChI=1S/C14H17ClN4O/c1-4-5-11-6-10(7-12(15)16-11)14(20)17-13-8(2)9(3)18-19-13/h6-7H,4-5H2,1-3H3,(H2,17,18,19,20). The zero-order valence-electron chi connectivity index (χ0n) is 11.7. The first kappa shape index (κ1) is 14.5. The number of rotatable bonds is 4. The number of aryl methyl sites for hydroxylation is 2. The molecule has 2 heterocycles. The van der Waals surface area contributed by atoms with E-state index >= 15 is 0 Å². The maximum absolute atomic E-state index is 12.2. The molecule has 5 nitrogen and oxygen atoms in total. The van der Waals surface area contributed by atoms with Gasteiger partial charge in [-0.3, -0.25) is 9.89 Å². The number of aromatic amines is 1. The second-order valence-electron chi connectivity index (χ2n) is 4.70. The number of hydrogen-bond donors (Lipinski definition) is 2. The van der Waals surface area contributed by atoms with Gasteiger partial charge in [0.05, 0.1) is 0 Å². The summed E-state index contributed by atoms with van der Waals surface area (Å²) in [6.07, 6.45) is 1.74. The molecule has 0 unspecified atom stereocenters. The Kier molecular flexibility index (Phi) is 4.39. The number of carbonyl (C=O) groups excluding carboxylic acids is 1. The Morgan fingerprint density at radius 2 is 2.15 bits per heavy atom. The fraction of sp³-hybridized carbons (Fsp3) is 0.357. The van der Waals surface area contributed by atoms with Gasteiger partial charge in [-0.15, -0.1) is 0 Å². The summed E-state index contributed by atoms with van der Waals surface area (Å²) < 4.78 is 0. The van der Waals surface area contributed by atoms with Crippen LogP contribution in [0.4, 0.5) is 5.82 Å². The molecular weight excluding hydrogens is 276 g/mol. The fourth-order valence-corrected chi connectivity index (χ4v) is 2.08. The lowest BCUT2D eigenvalue weighted by Crippen LogP contribution is -2.14. The van der Waals surface area contributed by atoms with E-state index in [1.807, 2.05) is 13.8 Å². The first-order valence-corrected chi connectivity index (χ1v) is 6.88. The second-order valence-corrected chi connectivity index (χ2v) is 5.08. The summed E-state index contributed by atoms with van der Waals surface area (Å²) in [5, 5.41) is 10.00. The number of hydrogen-bond acceptors (Lipinski definition) is 3. The molecule has 0 aliphatic rings. The second kappa shape index (κ2) is 6.05. The molecule has 0 radical (unpaired) electrons. The van der Waals surface area contributed by atoms with Gasteiger partial charge in [0, 0.05) is 22.5 Å². The largest absolute Gasteiger partial charge is 0.305 e. The zero-order valence-corrected chi connectivity index (χ0v) is 12.5. The maximum atomic E-state index is 12.2. The average Bonchev–Trinajstić information content (AvgIpc) is 2.70. The molecule has 0 saturated carbocycles. The van der Waals surface area contributed by atoms with Gasteiger partial charge in [0.1, 0.15) is 5.15 Å². The molecule has 0 aromatic carbocycles. The Hall–Kier alpha value is -1.88. The van der Waals surface area contributed by atoms with Crippen molar-refractivity contribution in [2.75, 3.05) is 5.32 Å². The minimum Gasteiger partial charge on any atom is -0.305 e. The maximum Gasteiger partial charge on any atom is 0.257 e. The van der Waals surface area contributed by atoms with Crippen molar-refractivity contribution < 1.29 is 4.79 Å². The highest BCUT2D eigenvalue weighted by Crippen LogP contribution is 2.17. The summed E-state index contributed by atoms with van der Waals surface area (Å²) in [7, 11) is 0. The number of H-pyrrole nitrogens is 1. The van der Waals surface area contributed by atoms with Crippen molar-refractivity contribution in [2.45, 2.75) is 33.6 Å². The monoisotopic (exact) mass is 292 g/mol. The molecule has 0 aliphatic heterocycles. The lowest BCUT2D eigenvalue weighted by Gasteiger charge is -2.06. The third-order valence-corrected chi connectivity index (χ3v) is 3.29. The molecule has 2 aromatic rings. The van der Waals surface area contributed by atoms with E-state index in [-0.39, 0.29) is 5.91 Å². The molecule has 20 heavy (non-hydrogen) atoms. The number of nitrogens with zero attached hydrogens (tertiary/aromatic N) is 2. The van der Waals surface area contributed by atoms with Crippen LogP contribution < -0.4 is 5.32 Å². The van der Waals surface area contributed by atoms with E-state index in [1.54, 1.807) is 12.1 Å². The summed E-state index contributed by atoms with van der Waals surface area (Å²) in [6, 6.07) is 3.32. The Balaban J connectivity index is 2.22. The van der Waals surface area contributed by atoms with Crippen molar-refractivity contribution in [1.29, 1.82) is 0 Å². The first-order valence-electron chi connectivity index (χ1n) is 6.50. The Morgan fingerprint density at radius 3 is 2.75 bits per heavy atom. The lowest BCUT2D eigenvalue weighted by atomic mass is 10.1. The van der Waals surface area contributed by atoms with Gasteiger partial charge in [0.15, 0.2) is 5.82 Å². The summed E-state index contributed by atoms with van der Waals surface area (Å²) in [4.78, 5) is 16.4. The SMILES string of the molecule is CCCc1cc(C(=O)Nc2n[nH]c(C)c2C)cc(Cl)n1. The van der Waals surface area contributed by atoms with E-state index in [9.17, 15) is 4.79 Å². The molecule has 2 N–H and O–H groups in total. The van der Waals surface area contributed by atoms with Crippen LogP contribution >= 0.6 is 11.6 Å². The van der Waals surface area contributed by atoms with Crippen molar-refractivity contribution in [3.05, 3.63) is 39.8 Å². The number of halogens is 1. The Morgan fingerprint density at radius 1 is 1.40 bits per heavy atom. The van der Waals surface area contributed by atoms with Crippen molar-refractivity contribution in [3.63, 3.8) is 0 Å². The molecule has 0 atom stereocenters. The highest BCUT2D eigenvalue weighted by atomic mass is 35.5. The number of nitrogens with one attached hydrogen (secondary N) is 2. The molecule has 0 saturated heterocycles. The quantitative estimate of drug-likeness (QED) is 0.850. The van der Waals surface area contributed by atoms with Crippen LogP contribution in [-0.4, -0.2) is 21.1 Å². The number of aromatic nitrogens is 3. The van der Waals surface area contributed by atoms with Crippen molar-refractivity contribution in [3.8, 4) is 0 Å². The van der Waals surface area contributed by atoms with Crippen LogP contribution in [0.1, 0.15) is 40.7 Å². The lowest BCUT2D eigenvalue weighted by molar-refractivity contribution is 0.102. The van der Waals surface area contributed by atoms with Crippen LogP contribution in [0.2, 0.25) is 5.15 Å². The number of pyridine rings is 1. The smallest absolute Gasteiger partial charge is 0.257 e. The van der Waals surface area contributed by atoms with Gasteiger partial charge in [0.2, 0.25) is 0 Å². The molecule has 2 rings (SSSR count). The van der Waals surface area contributed by atoms with Crippen molar-refractivity contribution >= 4 is 23.3 Å². The number of anilines is 1. The predicted molar refractivity (Wildman–Crippen MR) is 79.3 cm³/mol. The van der Waals surface area contributed by atoms with Crippen LogP contribution in [0.5, 0.6) is 0 Å². The first-order chi connectivity index (χ1) is 9.51. The Labute approximate surface area is 122 Å². The minimum absolute atomic E-state index is 0.235. The van der Waals surface area contributed by atoms with Gasteiger partial charge in [-0.05, 0) is 32.4 Å². The van der Waals surface area contributed by atoms with Gasteiger partial charge in [0.25, 0.3) is 5.91 Å². The highest BCUT2D eigenvalue weighted by molar-refractivity contribution is 6.29. The molecular formula is C14H17ClN4O. The third-order valence-electron chi connectivity index (χ3n) is 3.10. The van der Waals surface area contributed by atoms with Crippen molar-refractivity contribution in [1.82, 2.24) is 15.2 Å². The molecule has 1 amide bonds. The van der Waals surface area contributed by atoms with Crippen LogP contribution in [0.3, 0.4) is 0 Å². The van der Waals surface area contributed by atoms with E-state index in [4.69, 9.17) is 11.6 Å². The molecule has 2 aromatic heterocycles. The topological polar surface area (TPSA) is 70.7 Å². The van der Waals surface area contributed by atoms with Gasteiger partial charge < -0.3 is 5.32 Å². The molecule has 0 bridgehead atoms. The van der Waals surface area contributed by atoms with E-state index in [0.29, 0.717) is 16.5 Å². The van der Waals surface area contributed by atoms with Crippen LogP contribution in [0.25, 0.3) is 0 Å². The van der Waals surface area contributed by atoms with Gasteiger partial charge in [-0.25, -0.2) is 4.98 Å². The van der Waals surface area contributed by atoms with E-state index in [0.717, 1.165) is 29.8 Å². The summed E-state index contributed by atoms with van der Waals surface area (Å²) >= 11 is 5.96. The van der Waals surface area contributed by atoms with Crippen molar-refractivity contribution in [2.24, 2.45) is 0 Å². The number of amides is 1. The molecule has 106 valence electrons. The zero-order chi connectivity index (χ0) is 14.7. The highest BCUT2D eigenvalue weighted by Gasteiger charge is 2.13. The van der Waals surface area contributed by atoms with Crippen LogP contribution in [-0.2, 0) is 6.42 Å². The van der Waals surface area contributed by atoms with Gasteiger partial charge in [-0.2, -0.15) is 5.10 Å². The normalized spacial score (nSPS) is 10.6. The third kappa shape index (κ3) is 3.17. The summed E-state index contributed by atoms with van der Waals surface area (Å²) in [5.74, 6) is 0.304. The number of carbonyl (C=O) groups is 1. The molecule has 0 fully saturated rings. The van der Waals surface area contributed by atoms with Crippen LogP contribution in [0, 0.1) is 13.8 Å². The molecule has 6 heteroatoms. The molecule has 0 aliphatic carbocycles. The summed E-state index contributed by atoms with van der Waals surface area (Å²) in [6.45, 7) is 5.86. The van der Waals surface area contributed by atoms with Crippen LogP contribution in [0.15, 0.2) is 12.1 Å². The van der Waals surface area contributed by atoms with E-state index < -0.39 is 0 Å². The molecule has 0 spiro atoms. The fourth-order valence-electron chi connectivity index (χ4n) is 1.85. The summed E-state index contributed by atoms with van der Waals surface area (Å²) in [5.41, 5.74) is 3.17. The Bertz CT molecular complexity index is 636. The van der Waals surface area contributed by atoms with Gasteiger partial charge in [-0.1, -0.05) is 24.9 Å².